The molecule has 2 N–H and O–H groups in total. The van der Waals surface area contributed by atoms with Crippen LogP contribution >= 0.6 is 0 Å². The lowest BCUT2D eigenvalue weighted by Gasteiger charge is -2.40. The lowest BCUT2D eigenvalue weighted by molar-refractivity contribution is 0.165. The molecule has 0 atom stereocenters. The molecule has 0 spiro atoms. The molecule has 1 aliphatic rings. The van der Waals surface area contributed by atoms with Crippen LogP contribution in [-0.2, 0) is 0 Å². The van der Waals surface area contributed by atoms with E-state index in [2.05, 4.69) is 27.7 Å². The van der Waals surface area contributed by atoms with Crippen LogP contribution in [0.4, 0.5) is 0 Å². The molecule has 0 aromatic rings. The molecule has 0 radical (unpaired) electrons. The molecule has 0 aromatic heterocycles. The third kappa shape index (κ3) is 3.76. The third-order valence-corrected chi connectivity index (χ3v) is 4.82. The summed E-state index contributed by atoms with van der Waals surface area (Å²) >= 11 is 0. The molecule has 0 unspecified atom stereocenters. The summed E-state index contributed by atoms with van der Waals surface area (Å²) in [4.78, 5) is 0. The molecule has 16 heavy (non-hydrogen) atoms. The summed E-state index contributed by atoms with van der Waals surface area (Å²) in [5.41, 5.74) is 6.74. The predicted molar refractivity (Wildman–Crippen MR) is 72.4 cm³/mol. The first-order chi connectivity index (χ1) is 7.50. The van der Waals surface area contributed by atoms with Crippen LogP contribution in [-0.4, -0.2) is 5.54 Å². The van der Waals surface area contributed by atoms with Crippen LogP contribution in [0.15, 0.2) is 0 Å². The SMILES string of the molecule is CCC(CC)CC1(N)CCC(C(C)C)CC1. The van der Waals surface area contributed by atoms with E-state index in [-0.39, 0.29) is 5.54 Å². The first-order valence-corrected chi connectivity index (χ1v) is 7.29. The topological polar surface area (TPSA) is 26.0 Å². The van der Waals surface area contributed by atoms with E-state index in [1.165, 1.54) is 44.9 Å². The first-order valence-electron chi connectivity index (χ1n) is 7.29. The van der Waals surface area contributed by atoms with E-state index in [1.54, 1.807) is 0 Å². The molecule has 0 aromatic carbocycles. The second-order valence-corrected chi connectivity index (χ2v) is 6.33. The molecule has 0 saturated heterocycles. The molecule has 1 heteroatoms. The Hall–Kier alpha value is -0.0400. The molecule has 1 nitrogen and oxygen atoms in total. The summed E-state index contributed by atoms with van der Waals surface area (Å²) in [5.74, 6) is 2.62. The van der Waals surface area contributed by atoms with Gasteiger partial charge in [0, 0.05) is 5.54 Å². The maximum atomic E-state index is 6.57. The Morgan fingerprint density at radius 2 is 1.62 bits per heavy atom. The van der Waals surface area contributed by atoms with Gasteiger partial charge in [-0.15, -0.1) is 0 Å². The van der Waals surface area contributed by atoms with Gasteiger partial charge in [-0.3, -0.25) is 0 Å². The Balaban J connectivity index is 2.43. The fraction of sp³-hybridized carbons (Fsp3) is 1.00. The van der Waals surface area contributed by atoms with Crippen molar-refractivity contribution in [1.29, 1.82) is 0 Å². The van der Waals surface area contributed by atoms with Gasteiger partial charge in [0.05, 0.1) is 0 Å². The molecule has 1 saturated carbocycles. The van der Waals surface area contributed by atoms with E-state index in [0.29, 0.717) is 0 Å². The van der Waals surface area contributed by atoms with Crippen LogP contribution in [0, 0.1) is 17.8 Å². The Morgan fingerprint density at radius 1 is 1.12 bits per heavy atom. The van der Waals surface area contributed by atoms with Crippen molar-refractivity contribution in [2.24, 2.45) is 23.5 Å². The van der Waals surface area contributed by atoms with Gasteiger partial charge in [0.2, 0.25) is 0 Å². The highest BCUT2D eigenvalue weighted by atomic mass is 14.7. The fourth-order valence-electron chi connectivity index (χ4n) is 3.24. The Labute approximate surface area is 102 Å². The van der Waals surface area contributed by atoms with Gasteiger partial charge in [-0.1, -0.05) is 40.5 Å². The van der Waals surface area contributed by atoms with E-state index in [1.807, 2.05) is 0 Å². The highest BCUT2D eigenvalue weighted by Gasteiger charge is 2.33. The van der Waals surface area contributed by atoms with Gasteiger partial charge >= 0.3 is 0 Å². The van der Waals surface area contributed by atoms with Gasteiger partial charge in [0.1, 0.15) is 0 Å². The molecule has 0 aliphatic heterocycles. The van der Waals surface area contributed by atoms with E-state index in [0.717, 1.165) is 17.8 Å². The van der Waals surface area contributed by atoms with Crippen LogP contribution in [0.5, 0.6) is 0 Å². The maximum absolute atomic E-state index is 6.57. The molecule has 0 amide bonds. The quantitative estimate of drug-likeness (QED) is 0.739. The van der Waals surface area contributed by atoms with Crippen LogP contribution in [0.3, 0.4) is 0 Å². The van der Waals surface area contributed by atoms with Gasteiger partial charge in [0.25, 0.3) is 0 Å². The van der Waals surface area contributed by atoms with Gasteiger partial charge in [-0.05, 0) is 49.9 Å². The van der Waals surface area contributed by atoms with Crippen molar-refractivity contribution in [3.8, 4) is 0 Å². The molecule has 96 valence electrons. The van der Waals surface area contributed by atoms with Crippen molar-refractivity contribution in [3.63, 3.8) is 0 Å². The molecule has 1 rings (SSSR count). The van der Waals surface area contributed by atoms with E-state index in [4.69, 9.17) is 5.73 Å². The van der Waals surface area contributed by atoms with Gasteiger partial charge in [-0.2, -0.15) is 0 Å². The summed E-state index contributed by atoms with van der Waals surface area (Å²) < 4.78 is 0. The molecule has 1 aliphatic carbocycles. The summed E-state index contributed by atoms with van der Waals surface area (Å²) in [6, 6.07) is 0. The highest BCUT2D eigenvalue weighted by molar-refractivity contribution is 4.91. The predicted octanol–water partition coefficient (Wildman–Crippen LogP) is 4.36. The Morgan fingerprint density at radius 3 is 2.00 bits per heavy atom. The summed E-state index contributed by atoms with van der Waals surface area (Å²) in [5, 5.41) is 0. The third-order valence-electron chi connectivity index (χ3n) is 4.82. The lowest BCUT2D eigenvalue weighted by atomic mass is 9.70. The van der Waals surface area contributed by atoms with Crippen molar-refractivity contribution in [2.45, 2.75) is 78.2 Å². The second-order valence-electron chi connectivity index (χ2n) is 6.33. The summed E-state index contributed by atoms with van der Waals surface area (Å²) in [6.45, 7) is 9.32. The summed E-state index contributed by atoms with van der Waals surface area (Å²) in [7, 11) is 0. The van der Waals surface area contributed by atoms with Gasteiger partial charge in [-0.25, -0.2) is 0 Å². The number of hydrogen-bond donors (Lipinski definition) is 1. The van der Waals surface area contributed by atoms with Crippen molar-refractivity contribution < 1.29 is 0 Å². The molecule has 0 bridgehead atoms. The fourth-order valence-corrected chi connectivity index (χ4v) is 3.24. The number of nitrogens with two attached hydrogens (primary N) is 1. The van der Waals surface area contributed by atoms with Crippen molar-refractivity contribution in [3.05, 3.63) is 0 Å². The zero-order valence-electron chi connectivity index (χ0n) is 11.8. The summed E-state index contributed by atoms with van der Waals surface area (Å²) in [6.07, 6.45) is 9.07. The minimum Gasteiger partial charge on any atom is -0.325 e. The smallest absolute Gasteiger partial charge is 0.0157 e. The van der Waals surface area contributed by atoms with E-state index in [9.17, 15) is 0 Å². The average molecular weight is 225 g/mol. The zero-order valence-corrected chi connectivity index (χ0v) is 11.8. The standard InChI is InChI=1S/C15H31N/c1-5-13(6-2)11-15(16)9-7-14(8-10-15)12(3)4/h12-14H,5-11,16H2,1-4H3. The Kier molecular flexibility index (Phi) is 5.30. The van der Waals surface area contributed by atoms with Crippen molar-refractivity contribution in [1.82, 2.24) is 0 Å². The minimum atomic E-state index is 0.169. The second kappa shape index (κ2) is 6.05. The minimum absolute atomic E-state index is 0.169. The highest BCUT2D eigenvalue weighted by Crippen LogP contribution is 2.38. The van der Waals surface area contributed by atoms with Crippen LogP contribution in [0.1, 0.15) is 72.6 Å². The van der Waals surface area contributed by atoms with Gasteiger partial charge < -0.3 is 5.73 Å². The Bertz CT molecular complexity index is 186. The van der Waals surface area contributed by atoms with Crippen molar-refractivity contribution >= 4 is 0 Å². The van der Waals surface area contributed by atoms with Gasteiger partial charge in [0.15, 0.2) is 0 Å². The van der Waals surface area contributed by atoms with Crippen LogP contribution in [0.25, 0.3) is 0 Å². The van der Waals surface area contributed by atoms with Crippen LogP contribution < -0.4 is 5.73 Å². The number of hydrogen-bond acceptors (Lipinski definition) is 1. The molecular formula is C15H31N. The molecular weight excluding hydrogens is 194 g/mol. The average Bonchev–Trinajstić information content (AvgIpc) is 2.26. The van der Waals surface area contributed by atoms with Crippen molar-refractivity contribution in [2.75, 3.05) is 0 Å². The van der Waals surface area contributed by atoms with Crippen LogP contribution in [0.2, 0.25) is 0 Å². The monoisotopic (exact) mass is 225 g/mol. The maximum Gasteiger partial charge on any atom is 0.0157 e. The zero-order chi connectivity index (χ0) is 12.2. The largest absolute Gasteiger partial charge is 0.325 e. The molecule has 1 fully saturated rings. The van der Waals surface area contributed by atoms with E-state index >= 15 is 0 Å². The first kappa shape index (κ1) is 14.0. The number of rotatable bonds is 5. The van der Waals surface area contributed by atoms with E-state index < -0.39 is 0 Å². The molecule has 0 heterocycles. The lowest BCUT2D eigenvalue weighted by Crippen LogP contribution is -2.45. The normalized spacial score (nSPS) is 31.3.